The van der Waals surface area contributed by atoms with Crippen molar-refractivity contribution >= 4 is 32.4 Å². The Morgan fingerprint density at radius 1 is 0.950 bits per heavy atom. The van der Waals surface area contributed by atoms with E-state index in [1.54, 1.807) is 7.11 Å². The first-order valence-electron chi connectivity index (χ1n) is 14.5. The number of nitrogens with zero attached hydrogens (tertiary/aromatic N) is 2. The SMILES string of the molecule is C=CC1C[N+]2(Cc3c4ccccc4cc4ccccc34)CCC1CC2[C@H](OC)c1ccnc2ccc(OC)cc12. The normalized spacial score (nSPS) is 24.9. The molecule has 3 fully saturated rings. The molecule has 0 saturated carbocycles. The zero-order valence-electron chi connectivity index (χ0n) is 23.4. The Balaban J connectivity index is 1.40. The van der Waals surface area contributed by atoms with Crippen LogP contribution in [0.25, 0.3) is 32.4 Å². The van der Waals surface area contributed by atoms with E-state index in [9.17, 15) is 0 Å². The average molecular weight is 530 g/mol. The van der Waals surface area contributed by atoms with Crippen molar-refractivity contribution in [1.82, 2.24) is 4.98 Å². The maximum Gasteiger partial charge on any atom is 0.135 e. The summed E-state index contributed by atoms with van der Waals surface area (Å²) < 4.78 is 13.1. The third-order valence-corrected chi connectivity index (χ3v) is 9.92. The van der Waals surface area contributed by atoms with Crippen molar-refractivity contribution in [3.63, 3.8) is 0 Å². The van der Waals surface area contributed by atoms with Gasteiger partial charge in [0.15, 0.2) is 0 Å². The fourth-order valence-corrected chi connectivity index (χ4v) is 7.97. The molecule has 3 aliphatic heterocycles. The highest BCUT2D eigenvalue weighted by Crippen LogP contribution is 2.50. The minimum absolute atomic E-state index is 0.0487. The van der Waals surface area contributed by atoms with E-state index >= 15 is 0 Å². The summed E-state index contributed by atoms with van der Waals surface area (Å²) in [6.07, 6.45) is 6.47. The van der Waals surface area contributed by atoms with E-state index in [0.29, 0.717) is 17.9 Å². The minimum atomic E-state index is -0.0487. The van der Waals surface area contributed by atoms with E-state index in [2.05, 4.69) is 90.4 Å². The molecule has 0 radical (unpaired) electrons. The van der Waals surface area contributed by atoms with Crippen LogP contribution in [0.4, 0.5) is 0 Å². The van der Waals surface area contributed by atoms with Crippen LogP contribution in [0.15, 0.2) is 97.7 Å². The van der Waals surface area contributed by atoms with Gasteiger partial charge >= 0.3 is 0 Å². The van der Waals surface area contributed by atoms with Gasteiger partial charge in [-0.3, -0.25) is 4.98 Å². The van der Waals surface area contributed by atoms with Gasteiger partial charge in [-0.25, -0.2) is 0 Å². The van der Waals surface area contributed by atoms with Crippen molar-refractivity contribution in [1.29, 1.82) is 0 Å². The van der Waals surface area contributed by atoms with Gasteiger partial charge in [0.25, 0.3) is 0 Å². The summed E-state index contributed by atoms with van der Waals surface area (Å²) in [5.74, 6) is 2.02. The smallest absolute Gasteiger partial charge is 0.135 e. The molecule has 3 saturated heterocycles. The van der Waals surface area contributed by atoms with Crippen LogP contribution in [-0.2, 0) is 11.3 Å². The molecule has 5 atom stereocenters. The van der Waals surface area contributed by atoms with Gasteiger partial charge in [0.05, 0.1) is 25.7 Å². The monoisotopic (exact) mass is 529 g/mol. The van der Waals surface area contributed by atoms with Gasteiger partial charge in [0.2, 0.25) is 0 Å². The molecule has 0 N–H and O–H groups in total. The first-order chi connectivity index (χ1) is 19.6. The van der Waals surface area contributed by atoms with Crippen LogP contribution >= 0.6 is 0 Å². The summed E-state index contributed by atoms with van der Waals surface area (Å²) in [7, 11) is 3.61. The molecule has 3 aliphatic rings. The zero-order valence-corrected chi connectivity index (χ0v) is 23.4. The second-order valence-electron chi connectivity index (χ2n) is 11.8. The second kappa shape index (κ2) is 10.0. The highest BCUT2D eigenvalue weighted by Gasteiger charge is 2.54. The highest BCUT2D eigenvalue weighted by atomic mass is 16.5. The molecule has 202 valence electrons. The standard InChI is InChI=1S/C36H37N2O2/c1-4-24-22-38(23-33-29-11-7-5-9-26(29)19-27-10-6-8-12-30(27)33)18-16-25(24)20-35(38)36(40-3)31-15-17-37-34-14-13-28(39-2)21-32(31)34/h4-15,17,19,21,24-25,35-36H,1,16,18,20,22-23H2,2-3H3/q+1/t24?,25?,35?,36-,38?/m1/s1. The molecule has 0 aliphatic carbocycles. The van der Waals surface area contributed by atoms with Crippen molar-refractivity contribution < 1.29 is 14.0 Å². The molecular formula is C36H37N2O2+. The largest absolute Gasteiger partial charge is 0.497 e. The number of pyridine rings is 1. The highest BCUT2D eigenvalue weighted by molar-refractivity contribution is 6.02. The minimum Gasteiger partial charge on any atom is -0.497 e. The number of quaternary nitrogens is 1. The molecule has 2 bridgehead atoms. The second-order valence-corrected chi connectivity index (χ2v) is 11.8. The van der Waals surface area contributed by atoms with Crippen LogP contribution in [-0.4, -0.2) is 42.8 Å². The van der Waals surface area contributed by atoms with E-state index < -0.39 is 0 Å². The van der Waals surface area contributed by atoms with E-state index in [1.165, 1.54) is 39.1 Å². The maximum atomic E-state index is 6.51. The summed E-state index contributed by atoms with van der Waals surface area (Å²) in [6.45, 7) is 7.52. The average Bonchev–Trinajstić information content (AvgIpc) is 3.01. The number of aromatic nitrogens is 1. The van der Waals surface area contributed by atoms with Crippen LogP contribution in [0.2, 0.25) is 0 Å². The van der Waals surface area contributed by atoms with Crippen LogP contribution < -0.4 is 4.74 Å². The molecule has 8 rings (SSSR count). The fourth-order valence-electron chi connectivity index (χ4n) is 7.97. The number of fused-ring (bicyclic) bond motifs is 6. The Bertz CT molecular complexity index is 1680. The van der Waals surface area contributed by atoms with Crippen LogP contribution in [0.5, 0.6) is 5.75 Å². The lowest BCUT2D eigenvalue weighted by molar-refractivity contribution is -0.984. The predicted molar refractivity (Wildman–Crippen MR) is 163 cm³/mol. The molecule has 1 aromatic heterocycles. The van der Waals surface area contributed by atoms with Gasteiger partial charge in [-0.2, -0.15) is 0 Å². The number of methoxy groups -OCH3 is 2. The van der Waals surface area contributed by atoms with Gasteiger partial charge in [-0.15, -0.1) is 6.58 Å². The van der Waals surface area contributed by atoms with Gasteiger partial charge < -0.3 is 14.0 Å². The van der Waals surface area contributed by atoms with Gasteiger partial charge in [-0.05, 0) is 63.4 Å². The molecule has 0 spiro atoms. The quantitative estimate of drug-likeness (QED) is 0.122. The van der Waals surface area contributed by atoms with Crippen molar-refractivity contribution in [2.24, 2.45) is 11.8 Å². The van der Waals surface area contributed by atoms with Crippen molar-refractivity contribution in [3.05, 3.63) is 109 Å². The van der Waals surface area contributed by atoms with Crippen molar-refractivity contribution in [3.8, 4) is 5.75 Å². The molecular weight excluding hydrogens is 492 g/mol. The number of piperidine rings is 3. The first kappa shape index (κ1) is 25.3. The van der Waals surface area contributed by atoms with Crippen LogP contribution in [0, 0.1) is 11.8 Å². The van der Waals surface area contributed by atoms with Crippen LogP contribution in [0.1, 0.15) is 30.1 Å². The van der Waals surface area contributed by atoms with Gasteiger partial charge in [0.1, 0.15) is 24.4 Å². The Hall–Kier alpha value is -3.73. The first-order valence-corrected chi connectivity index (χ1v) is 14.5. The fraction of sp³-hybridized carbons (Fsp3) is 0.306. The molecule has 0 amide bonds. The van der Waals surface area contributed by atoms with Crippen LogP contribution in [0.3, 0.4) is 0 Å². The maximum absolute atomic E-state index is 6.51. The summed E-state index contributed by atoms with van der Waals surface area (Å²) in [5.41, 5.74) is 3.64. The van der Waals surface area contributed by atoms with Gasteiger partial charge in [0, 0.05) is 43.0 Å². The van der Waals surface area contributed by atoms with Gasteiger partial charge in [-0.1, -0.05) is 54.6 Å². The van der Waals surface area contributed by atoms with Crippen molar-refractivity contribution in [2.75, 3.05) is 27.3 Å². The molecule has 4 nitrogen and oxygen atoms in total. The molecule has 4 unspecified atom stereocenters. The lowest BCUT2D eigenvalue weighted by Gasteiger charge is -2.58. The molecule has 4 aromatic carbocycles. The van der Waals surface area contributed by atoms with E-state index in [-0.39, 0.29) is 6.10 Å². The molecule has 4 heteroatoms. The zero-order chi connectivity index (χ0) is 27.3. The Labute approximate surface area is 236 Å². The molecule has 40 heavy (non-hydrogen) atoms. The summed E-state index contributed by atoms with van der Waals surface area (Å²) in [4.78, 5) is 4.68. The van der Waals surface area contributed by atoms with E-state index in [1.807, 2.05) is 19.4 Å². The van der Waals surface area contributed by atoms with Crippen molar-refractivity contribution in [2.45, 2.75) is 31.5 Å². The third-order valence-electron chi connectivity index (χ3n) is 9.92. The number of benzene rings is 4. The number of rotatable bonds is 7. The lowest BCUT2D eigenvalue weighted by Crippen LogP contribution is -2.67. The predicted octanol–water partition coefficient (Wildman–Crippen LogP) is 7.85. The topological polar surface area (TPSA) is 31.4 Å². The van der Waals surface area contributed by atoms with E-state index in [4.69, 9.17) is 9.47 Å². The lowest BCUT2D eigenvalue weighted by atomic mass is 9.71. The molecule has 4 heterocycles. The Morgan fingerprint density at radius 3 is 2.40 bits per heavy atom. The molecule has 5 aromatic rings. The Morgan fingerprint density at radius 2 is 1.70 bits per heavy atom. The number of ether oxygens (including phenoxy) is 2. The summed E-state index contributed by atoms with van der Waals surface area (Å²) in [5, 5.41) is 6.47. The Kier molecular flexibility index (Phi) is 6.33. The summed E-state index contributed by atoms with van der Waals surface area (Å²) >= 11 is 0. The number of hydrogen-bond donors (Lipinski definition) is 0. The number of hydrogen-bond acceptors (Lipinski definition) is 3. The summed E-state index contributed by atoms with van der Waals surface area (Å²) in [6, 6.07) is 28.8. The third kappa shape index (κ3) is 4.01. The van der Waals surface area contributed by atoms with E-state index in [0.717, 1.165) is 47.2 Å².